The Morgan fingerprint density at radius 3 is 1.84 bits per heavy atom. The Kier molecular flexibility index (Phi) is 15.3. The zero-order valence-corrected chi connectivity index (χ0v) is 25.7. The van der Waals surface area contributed by atoms with Crippen LogP contribution in [0.1, 0.15) is 29.5 Å². The second kappa shape index (κ2) is 17.8. The highest BCUT2D eigenvalue weighted by atomic mass is 79.9. The summed E-state index contributed by atoms with van der Waals surface area (Å²) in [7, 11) is 0. The van der Waals surface area contributed by atoms with E-state index in [1.807, 2.05) is 24.3 Å². The minimum atomic E-state index is -5.08. The van der Waals surface area contributed by atoms with E-state index in [1.165, 1.54) is 0 Å². The maximum absolute atomic E-state index is 12.9. The normalized spacial score (nSPS) is 11.3. The summed E-state index contributed by atoms with van der Waals surface area (Å²) in [4.78, 5) is 49.3. The lowest BCUT2D eigenvalue weighted by atomic mass is 10.1. The highest BCUT2D eigenvalue weighted by molar-refractivity contribution is 9.11. The molecule has 4 amide bonds. The number of alkyl halides is 3. The number of benzene rings is 2. The van der Waals surface area contributed by atoms with Crippen LogP contribution in [0.4, 0.5) is 23.7 Å². The maximum Gasteiger partial charge on any atom is 0.490 e. The molecule has 1 atom stereocenters. The molecule has 0 fully saturated rings. The SMILES string of the molecule is NC(=O)NCc1ccc(CNC(=O)[C@@H](CCCN=C(N)N)NC(=O)Cc2cc(Br)c(N)c(Br)c2)cc1.O=C(O)C(F)(F)F. The number of anilines is 1. The number of halogens is 5. The zero-order chi connectivity index (χ0) is 32.7. The van der Waals surface area contributed by atoms with Gasteiger partial charge in [0.25, 0.3) is 0 Å². The number of carbonyl (C=O) groups is 4. The van der Waals surface area contributed by atoms with Crippen LogP contribution in [0.3, 0.4) is 0 Å². The third-order valence-electron chi connectivity index (χ3n) is 5.30. The predicted molar refractivity (Wildman–Crippen MR) is 160 cm³/mol. The van der Waals surface area contributed by atoms with Crippen LogP contribution in [-0.2, 0) is 33.9 Å². The van der Waals surface area contributed by atoms with Crippen LogP contribution in [0.5, 0.6) is 0 Å². The summed E-state index contributed by atoms with van der Waals surface area (Å²) in [6.07, 6.45) is -4.17. The molecule has 2 rings (SSSR count). The van der Waals surface area contributed by atoms with Crippen LogP contribution in [-0.4, -0.2) is 53.6 Å². The quantitative estimate of drug-likeness (QED) is 0.0691. The van der Waals surface area contributed by atoms with Crippen molar-refractivity contribution in [3.63, 3.8) is 0 Å². The van der Waals surface area contributed by atoms with Crippen LogP contribution in [0, 0.1) is 0 Å². The fraction of sp³-hybridized carbons (Fsp3) is 0.320. The number of carboxylic acids is 1. The average molecular weight is 740 g/mol. The Morgan fingerprint density at radius 2 is 1.40 bits per heavy atom. The third-order valence-corrected chi connectivity index (χ3v) is 6.61. The molecule has 12 N–H and O–H groups in total. The Balaban J connectivity index is 0.00000117. The summed E-state index contributed by atoms with van der Waals surface area (Å²) in [6, 6.07) is 9.47. The first-order valence-electron chi connectivity index (χ1n) is 12.3. The maximum atomic E-state index is 12.9. The molecule has 0 saturated carbocycles. The van der Waals surface area contributed by atoms with Crippen molar-refractivity contribution in [2.75, 3.05) is 12.3 Å². The van der Waals surface area contributed by atoms with Gasteiger partial charge in [0.2, 0.25) is 11.8 Å². The topological polar surface area (TPSA) is 241 Å². The van der Waals surface area contributed by atoms with Gasteiger partial charge in [-0.1, -0.05) is 24.3 Å². The summed E-state index contributed by atoms with van der Waals surface area (Å²) in [5.41, 5.74) is 24.7. The number of hydrogen-bond acceptors (Lipinski definition) is 6. The zero-order valence-electron chi connectivity index (χ0n) is 22.5. The van der Waals surface area contributed by atoms with E-state index in [9.17, 15) is 27.6 Å². The Labute approximate surface area is 261 Å². The monoisotopic (exact) mass is 738 g/mol. The molecule has 0 aliphatic heterocycles. The van der Waals surface area contributed by atoms with Gasteiger partial charge in [-0.2, -0.15) is 13.2 Å². The van der Waals surface area contributed by atoms with Gasteiger partial charge in [-0.3, -0.25) is 14.6 Å². The fourth-order valence-corrected chi connectivity index (χ4v) is 4.50. The summed E-state index contributed by atoms with van der Waals surface area (Å²) in [5.74, 6) is -3.43. The number of amides is 4. The molecule has 0 spiro atoms. The third kappa shape index (κ3) is 15.1. The molecule has 0 saturated heterocycles. The molecule has 0 heterocycles. The van der Waals surface area contributed by atoms with E-state index in [2.05, 4.69) is 52.8 Å². The number of nitrogens with one attached hydrogen (secondary N) is 3. The van der Waals surface area contributed by atoms with Crippen molar-refractivity contribution in [2.24, 2.45) is 22.2 Å². The smallest absolute Gasteiger partial charge is 0.475 e. The Hall–Kier alpha value is -4.06. The van der Waals surface area contributed by atoms with E-state index in [-0.39, 0.29) is 30.7 Å². The van der Waals surface area contributed by atoms with Gasteiger partial charge in [0.05, 0.1) is 12.1 Å². The van der Waals surface area contributed by atoms with E-state index < -0.39 is 24.2 Å². The van der Waals surface area contributed by atoms with E-state index in [0.717, 1.165) is 16.7 Å². The molecule has 236 valence electrons. The molecule has 0 unspecified atom stereocenters. The van der Waals surface area contributed by atoms with E-state index in [1.54, 1.807) is 12.1 Å². The molecule has 0 aromatic heterocycles. The molecular formula is C25H31Br2F3N8O5. The lowest BCUT2D eigenvalue weighted by Crippen LogP contribution is -2.47. The summed E-state index contributed by atoms with van der Waals surface area (Å²) >= 11 is 6.74. The number of carbonyl (C=O) groups excluding carboxylic acids is 3. The lowest BCUT2D eigenvalue weighted by Gasteiger charge is -2.19. The lowest BCUT2D eigenvalue weighted by molar-refractivity contribution is -0.192. The van der Waals surface area contributed by atoms with Crippen molar-refractivity contribution >= 4 is 67.3 Å². The van der Waals surface area contributed by atoms with Gasteiger partial charge < -0.3 is 44.0 Å². The van der Waals surface area contributed by atoms with Gasteiger partial charge >= 0.3 is 18.2 Å². The standard InChI is InChI=1S/C23H30Br2N8O3.C2HF3O2/c24-16-8-15(9-17(25)20(16)26)10-19(34)33-18(2-1-7-30-22(27)28)21(35)31-11-13-3-5-14(6-4-13)12-32-23(29)36;3-2(4,5)1(6)7/h3-6,8-9,18H,1-2,7,10-12,26H2,(H,31,35)(H,33,34)(H4,27,28,30)(H3,29,32,36);(H,6,7)/t18-;/m1./s1. The number of nitrogens with zero attached hydrogens (tertiary/aromatic N) is 1. The van der Waals surface area contributed by atoms with Gasteiger partial charge in [0.15, 0.2) is 5.96 Å². The highest BCUT2D eigenvalue weighted by Gasteiger charge is 2.38. The second-order valence-corrected chi connectivity index (χ2v) is 10.5. The highest BCUT2D eigenvalue weighted by Crippen LogP contribution is 2.29. The van der Waals surface area contributed by atoms with Crippen LogP contribution in [0.25, 0.3) is 0 Å². The molecular weight excluding hydrogens is 709 g/mol. The Bertz CT molecular complexity index is 1280. The predicted octanol–water partition coefficient (Wildman–Crippen LogP) is 1.99. The summed E-state index contributed by atoms with van der Waals surface area (Å²) < 4.78 is 33.1. The number of aliphatic imine (C=N–C) groups is 1. The van der Waals surface area contributed by atoms with Crippen LogP contribution >= 0.6 is 31.9 Å². The van der Waals surface area contributed by atoms with E-state index in [0.29, 0.717) is 40.6 Å². The first kappa shape index (κ1) is 37.0. The molecule has 2 aromatic carbocycles. The van der Waals surface area contributed by atoms with Gasteiger partial charge in [-0.05, 0) is 73.5 Å². The second-order valence-electron chi connectivity index (χ2n) is 8.77. The van der Waals surface area contributed by atoms with Crippen molar-refractivity contribution < 1.29 is 37.5 Å². The number of nitrogen functional groups attached to an aromatic ring is 1. The number of nitrogens with two attached hydrogens (primary N) is 4. The van der Waals surface area contributed by atoms with Crippen molar-refractivity contribution in [3.05, 3.63) is 62.0 Å². The van der Waals surface area contributed by atoms with Crippen molar-refractivity contribution in [1.29, 1.82) is 0 Å². The molecule has 43 heavy (non-hydrogen) atoms. The number of guanidine groups is 1. The van der Waals surface area contributed by atoms with Crippen LogP contribution in [0.15, 0.2) is 50.3 Å². The number of urea groups is 1. The minimum absolute atomic E-state index is 0.0333. The summed E-state index contributed by atoms with van der Waals surface area (Å²) in [5, 5.41) is 15.3. The van der Waals surface area contributed by atoms with Crippen LogP contribution in [0.2, 0.25) is 0 Å². The summed E-state index contributed by atoms with van der Waals surface area (Å²) in [6.45, 7) is 0.911. The number of hydrogen-bond donors (Lipinski definition) is 8. The molecule has 2 aromatic rings. The molecule has 0 aliphatic carbocycles. The molecule has 0 aliphatic rings. The first-order valence-corrected chi connectivity index (χ1v) is 13.8. The van der Waals surface area contributed by atoms with Gasteiger partial charge in [-0.25, -0.2) is 9.59 Å². The number of carboxylic acid groups (broad SMARTS) is 1. The number of aliphatic carboxylic acids is 1. The van der Waals surface area contributed by atoms with Gasteiger partial charge in [-0.15, -0.1) is 0 Å². The van der Waals surface area contributed by atoms with Crippen molar-refractivity contribution in [3.8, 4) is 0 Å². The number of rotatable bonds is 12. The van der Waals surface area contributed by atoms with Crippen LogP contribution < -0.4 is 38.9 Å². The fourth-order valence-electron chi connectivity index (χ4n) is 3.22. The first-order chi connectivity index (χ1) is 20.0. The molecule has 0 bridgehead atoms. The van der Waals surface area contributed by atoms with Gasteiger partial charge in [0, 0.05) is 28.6 Å². The van der Waals surface area contributed by atoms with Crippen molar-refractivity contribution in [1.82, 2.24) is 16.0 Å². The van der Waals surface area contributed by atoms with E-state index >= 15 is 0 Å². The van der Waals surface area contributed by atoms with Gasteiger partial charge in [0.1, 0.15) is 6.04 Å². The average Bonchev–Trinajstić information content (AvgIpc) is 2.91. The minimum Gasteiger partial charge on any atom is -0.475 e. The molecule has 0 radical (unpaired) electrons. The molecule has 18 heteroatoms. The van der Waals surface area contributed by atoms with E-state index in [4.69, 9.17) is 32.8 Å². The largest absolute Gasteiger partial charge is 0.490 e. The number of primary amides is 1. The molecule has 13 nitrogen and oxygen atoms in total. The van der Waals surface area contributed by atoms with Crippen molar-refractivity contribution in [2.45, 2.75) is 44.6 Å². The Morgan fingerprint density at radius 1 is 0.907 bits per heavy atom.